The number of benzene rings is 1. The number of hydrogen-bond acceptors (Lipinski definition) is 4. The number of carbonyl (C=O) groups is 1. The Labute approximate surface area is 120 Å². The minimum absolute atomic E-state index is 0.0329. The summed E-state index contributed by atoms with van der Waals surface area (Å²) >= 11 is 3.42. The van der Waals surface area contributed by atoms with Crippen molar-refractivity contribution in [2.24, 2.45) is 5.84 Å². The Bertz CT molecular complexity index is 442. The van der Waals surface area contributed by atoms with Crippen LogP contribution in [0.1, 0.15) is 18.4 Å². The molecule has 1 aliphatic rings. The smallest absolute Gasteiger partial charge is 0.263 e. The summed E-state index contributed by atoms with van der Waals surface area (Å²) in [5, 5.41) is 0. The maximum atomic E-state index is 11.3. The van der Waals surface area contributed by atoms with Crippen LogP contribution in [0.5, 0.6) is 0 Å². The number of ether oxygens (including phenoxy) is 2. The van der Waals surface area contributed by atoms with Crippen LogP contribution < -0.4 is 11.3 Å². The van der Waals surface area contributed by atoms with Crippen LogP contribution in [0.4, 0.5) is 0 Å². The van der Waals surface area contributed by atoms with Gasteiger partial charge in [0.25, 0.3) is 5.91 Å². The van der Waals surface area contributed by atoms with Crippen molar-refractivity contribution >= 4 is 21.8 Å². The van der Waals surface area contributed by atoms with Crippen LogP contribution in [-0.2, 0) is 20.9 Å². The zero-order valence-corrected chi connectivity index (χ0v) is 12.1. The molecule has 1 heterocycles. The summed E-state index contributed by atoms with van der Waals surface area (Å²) in [5.74, 6) is 4.80. The Morgan fingerprint density at radius 1 is 1.53 bits per heavy atom. The SMILES string of the molecule is NNC(=O)C1CCC(COCc2cccc(Br)c2)O1. The molecule has 0 saturated carbocycles. The van der Waals surface area contributed by atoms with Crippen molar-refractivity contribution in [3.63, 3.8) is 0 Å². The third kappa shape index (κ3) is 4.28. The zero-order chi connectivity index (χ0) is 13.7. The molecule has 5 nitrogen and oxygen atoms in total. The summed E-state index contributed by atoms with van der Waals surface area (Å²) in [4.78, 5) is 11.3. The van der Waals surface area contributed by atoms with E-state index in [1.54, 1.807) is 0 Å². The van der Waals surface area contributed by atoms with E-state index in [0.717, 1.165) is 16.5 Å². The van der Waals surface area contributed by atoms with E-state index in [2.05, 4.69) is 21.4 Å². The Hall–Kier alpha value is -0.950. The molecule has 1 fully saturated rings. The summed E-state index contributed by atoms with van der Waals surface area (Å²) in [6.45, 7) is 1.02. The van der Waals surface area contributed by atoms with Gasteiger partial charge in [-0.3, -0.25) is 10.2 Å². The molecule has 2 atom stereocenters. The summed E-state index contributed by atoms with van der Waals surface area (Å²) in [7, 11) is 0. The molecule has 1 saturated heterocycles. The topological polar surface area (TPSA) is 73.6 Å². The number of hydrogen-bond donors (Lipinski definition) is 2. The fraction of sp³-hybridized carbons (Fsp3) is 0.462. The Balaban J connectivity index is 1.71. The highest BCUT2D eigenvalue weighted by Gasteiger charge is 2.30. The second-order valence-corrected chi connectivity index (χ2v) is 5.39. The van der Waals surface area contributed by atoms with Crippen molar-refractivity contribution in [1.29, 1.82) is 0 Å². The molecular weight excluding hydrogens is 312 g/mol. The van der Waals surface area contributed by atoms with E-state index in [1.165, 1.54) is 0 Å². The van der Waals surface area contributed by atoms with Gasteiger partial charge in [0.05, 0.1) is 19.3 Å². The Morgan fingerprint density at radius 3 is 3.11 bits per heavy atom. The first kappa shape index (κ1) is 14.5. The fourth-order valence-corrected chi connectivity index (χ4v) is 2.50. The maximum absolute atomic E-state index is 11.3. The summed E-state index contributed by atoms with van der Waals surface area (Å²) in [6, 6.07) is 7.96. The first-order chi connectivity index (χ1) is 9.19. The van der Waals surface area contributed by atoms with Crippen LogP contribution in [0, 0.1) is 0 Å². The molecule has 19 heavy (non-hydrogen) atoms. The van der Waals surface area contributed by atoms with E-state index >= 15 is 0 Å². The lowest BCUT2D eigenvalue weighted by atomic mass is 10.2. The van der Waals surface area contributed by atoms with Crippen LogP contribution in [0.2, 0.25) is 0 Å². The molecule has 0 aliphatic carbocycles. The zero-order valence-electron chi connectivity index (χ0n) is 10.5. The molecule has 104 valence electrons. The molecule has 1 aromatic carbocycles. The molecular formula is C13H17BrN2O3. The highest BCUT2D eigenvalue weighted by atomic mass is 79.9. The molecule has 1 aliphatic heterocycles. The molecule has 2 unspecified atom stereocenters. The standard InChI is InChI=1S/C13H17BrN2O3/c14-10-3-1-2-9(6-10)7-18-8-11-4-5-12(19-11)13(17)16-15/h1-3,6,11-12H,4-5,7-8,15H2,(H,16,17). The number of hydrazine groups is 1. The average Bonchev–Trinajstić information content (AvgIpc) is 2.87. The van der Waals surface area contributed by atoms with E-state index in [4.69, 9.17) is 15.3 Å². The van der Waals surface area contributed by atoms with Crippen LogP contribution in [-0.4, -0.2) is 24.7 Å². The monoisotopic (exact) mass is 328 g/mol. The highest BCUT2D eigenvalue weighted by molar-refractivity contribution is 9.10. The first-order valence-corrected chi connectivity index (χ1v) is 6.96. The second kappa shape index (κ2) is 7.00. The van der Waals surface area contributed by atoms with Gasteiger partial charge in [-0.15, -0.1) is 0 Å². The van der Waals surface area contributed by atoms with Gasteiger partial charge >= 0.3 is 0 Å². The van der Waals surface area contributed by atoms with Gasteiger partial charge in [-0.2, -0.15) is 0 Å². The van der Waals surface area contributed by atoms with Gasteiger partial charge in [-0.1, -0.05) is 28.1 Å². The molecule has 0 radical (unpaired) electrons. The van der Waals surface area contributed by atoms with Crippen LogP contribution >= 0.6 is 15.9 Å². The lowest BCUT2D eigenvalue weighted by Gasteiger charge is -2.13. The predicted molar refractivity (Wildman–Crippen MR) is 74.0 cm³/mol. The van der Waals surface area contributed by atoms with E-state index in [0.29, 0.717) is 19.6 Å². The average molecular weight is 329 g/mol. The molecule has 0 spiro atoms. The molecule has 0 aromatic heterocycles. The molecule has 1 amide bonds. The fourth-order valence-electron chi connectivity index (χ4n) is 2.05. The lowest BCUT2D eigenvalue weighted by molar-refractivity contribution is -0.133. The minimum Gasteiger partial charge on any atom is -0.374 e. The van der Waals surface area contributed by atoms with Gasteiger partial charge in [0.2, 0.25) is 0 Å². The molecule has 2 rings (SSSR count). The van der Waals surface area contributed by atoms with E-state index < -0.39 is 6.10 Å². The van der Waals surface area contributed by atoms with Gasteiger partial charge < -0.3 is 9.47 Å². The predicted octanol–water partition coefficient (Wildman–Crippen LogP) is 1.50. The van der Waals surface area contributed by atoms with E-state index in [9.17, 15) is 4.79 Å². The van der Waals surface area contributed by atoms with Crippen LogP contribution in [0.25, 0.3) is 0 Å². The number of rotatable bonds is 5. The molecule has 6 heteroatoms. The Morgan fingerprint density at radius 2 is 2.37 bits per heavy atom. The summed E-state index contributed by atoms with van der Waals surface area (Å²) in [5.41, 5.74) is 3.21. The van der Waals surface area contributed by atoms with Gasteiger partial charge in [-0.25, -0.2) is 5.84 Å². The second-order valence-electron chi connectivity index (χ2n) is 4.48. The number of carbonyl (C=O) groups excluding carboxylic acids is 1. The minimum atomic E-state index is -0.440. The van der Waals surface area contributed by atoms with E-state index in [-0.39, 0.29) is 12.0 Å². The van der Waals surface area contributed by atoms with Crippen LogP contribution in [0.15, 0.2) is 28.7 Å². The highest BCUT2D eigenvalue weighted by Crippen LogP contribution is 2.20. The van der Waals surface area contributed by atoms with Gasteiger partial charge in [-0.05, 0) is 30.5 Å². The molecule has 3 N–H and O–H groups in total. The van der Waals surface area contributed by atoms with Gasteiger partial charge in [0.1, 0.15) is 6.10 Å². The number of amides is 1. The van der Waals surface area contributed by atoms with Crippen molar-refractivity contribution in [1.82, 2.24) is 5.43 Å². The quantitative estimate of drug-likeness (QED) is 0.488. The summed E-state index contributed by atoms with van der Waals surface area (Å²) in [6.07, 6.45) is 1.03. The number of halogens is 1. The van der Waals surface area contributed by atoms with Crippen molar-refractivity contribution in [3.05, 3.63) is 34.3 Å². The van der Waals surface area contributed by atoms with Gasteiger partial charge in [0.15, 0.2) is 0 Å². The first-order valence-electron chi connectivity index (χ1n) is 6.17. The number of nitrogens with one attached hydrogen (secondary N) is 1. The molecule has 1 aromatic rings. The van der Waals surface area contributed by atoms with Crippen molar-refractivity contribution in [2.75, 3.05) is 6.61 Å². The maximum Gasteiger partial charge on any atom is 0.263 e. The van der Waals surface area contributed by atoms with Gasteiger partial charge in [0, 0.05) is 4.47 Å². The van der Waals surface area contributed by atoms with Crippen molar-refractivity contribution in [2.45, 2.75) is 31.7 Å². The third-order valence-electron chi connectivity index (χ3n) is 3.00. The van der Waals surface area contributed by atoms with Crippen molar-refractivity contribution < 1.29 is 14.3 Å². The van der Waals surface area contributed by atoms with Crippen LogP contribution in [0.3, 0.4) is 0 Å². The van der Waals surface area contributed by atoms with E-state index in [1.807, 2.05) is 24.3 Å². The summed E-state index contributed by atoms with van der Waals surface area (Å²) < 4.78 is 12.2. The Kier molecular flexibility index (Phi) is 5.33. The third-order valence-corrected chi connectivity index (χ3v) is 3.50. The largest absolute Gasteiger partial charge is 0.374 e. The van der Waals surface area contributed by atoms with Crippen molar-refractivity contribution in [3.8, 4) is 0 Å². The lowest BCUT2D eigenvalue weighted by Crippen LogP contribution is -2.39. The molecule has 0 bridgehead atoms. The number of nitrogens with two attached hydrogens (primary N) is 1. The normalized spacial score (nSPS) is 22.4.